The normalized spacial score (nSPS) is 12.7. The zero-order chi connectivity index (χ0) is 24.2. The molecule has 1 atom stereocenters. The maximum Gasteiger partial charge on any atom is 0.0541 e. The number of H-pyrrole nitrogens is 1. The molecule has 0 saturated heterocycles. The molecule has 5 aromatic carbocycles. The van der Waals surface area contributed by atoms with Gasteiger partial charge in [-0.15, -0.1) is 0 Å². The lowest BCUT2D eigenvalue weighted by atomic mass is 9.97. The van der Waals surface area contributed by atoms with E-state index in [2.05, 4.69) is 133 Å². The molecular formula is C34H28N2. The predicted octanol–water partition coefficient (Wildman–Crippen LogP) is 9.60. The summed E-state index contributed by atoms with van der Waals surface area (Å²) in [5.74, 6) is 0.570. The van der Waals surface area contributed by atoms with Crippen molar-refractivity contribution in [3.63, 3.8) is 0 Å². The van der Waals surface area contributed by atoms with Gasteiger partial charge in [-0.25, -0.2) is 0 Å². The van der Waals surface area contributed by atoms with Gasteiger partial charge in [-0.2, -0.15) is 0 Å². The van der Waals surface area contributed by atoms with Gasteiger partial charge in [0.05, 0.1) is 11.0 Å². The number of benzene rings is 5. The third-order valence-electron chi connectivity index (χ3n) is 7.82. The fourth-order valence-electron chi connectivity index (χ4n) is 5.65. The van der Waals surface area contributed by atoms with Crippen LogP contribution in [0.15, 0.2) is 109 Å². The van der Waals surface area contributed by atoms with Crippen LogP contribution in [-0.2, 0) is 0 Å². The van der Waals surface area contributed by atoms with Crippen LogP contribution in [0.25, 0.3) is 60.4 Å². The van der Waals surface area contributed by atoms with E-state index in [1.54, 1.807) is 0 Å². The number of fused-ring (bicyclic) bond motifs is 6. The molecular weight excluding hydrogens is 436 g/mol. The van der Waals surface area contributed by atoms with Gasteiger partial charge in [-0.3, -0.25) is 0 Å². The van der Waals surface area contributed by atoms with Crippen molar-refractivity contribution in [2.24, 2.45) is 0 Å². The summed E-state index contributed by atoms with van der Waals surface area (Å²) in [5.41, 5.74) is 9.96. The molecule has 2 aromatic heterocycles. The first-order chi connectivity index (χ1) is 17.7. The third-order valence-corrected chi connectivity index (χ3v) is 7.82. The second kappa shape index (κ2) is 8.13. The molecule has 7 rings (SSSR count). The molecule has 2 heteroatoms. The Morgan fingerprint density at radius 1 is 0.611 bits per heavy atom. The summed E-state index contributed by atoms with van der Waals surface area (Å²) in [5, 5.41) is 5.14. The second-order valence-corrected chi connectivity index (χ2v) is 9.92. The summed E-state index contributed by atoms with van der Waals surface area (Å²) in [4.78, 5) is 3.65. The van der Waals surface area contributed by atoms with E-state index in [-0.39, 0.29) is 0 Å². The Hall–Kier alpha value is -4.30. The van der Waals surface area contributed by atoms with Gasteiger partial charge in [-0.05, 0) is 77.6 Å². The van der Waals surface area contributed by atoms with Crippen molar-refractivity contribution < 1.29 is 0 Å². The highest BCUT2D eigenvalue weighted by atomic mass is 15.0. The van der Waals surface area contributed by atoms with Crippen LogP contribution in [0.1, 0.15) is 31.7 Å². The summed E-state index contributed by atoms with van der Waals surface area (Å²) >= 11 is 0. The van der Waals surface area contributed by atoms with E-state index < -0.39 is 0 Å². The summed E-state index contributed by atoms with van der Waals surface area (Å²) in [7, 11) is 0. The quantitative estimate of drug-likeness (QED) is 0.268. The van der Waals surface area contributed by atoms with Crippen LogP contribution in [0.4, 0.5) is 0 Å². The number of rotatable bonds is 4. The van der Waals surface area contributed by atoms with Crippen molar-refractivity contribution in [2.75, 3.05) is 0 Å². The molecule has 0 fully saturated rings. The lowest BCUT2D eigenvalue weighted by Crippen LogP contribution is -1.92. The van der Waals surface area contributed by atoms with E-state index >= 15 is 0 Å². The second-order valence-electron chi connectivity index (χ2n) is 9.92. The molecule has 0 radical (unpaired) electrons. The zero-order valence-electron chi connectivity index (χ0n) is 20.6. The first-order valence-electron chi connectivity index (χ1n) is 12.9. The van der Waals surface area contributed by atoms with Crippen molar-refractivity contribution in [1.29, 1.82) is 0 Å². The van der Waals surface area contributed by atoms with E-state index in [1.165, 1.54) is 66.0 Å². The highest BCUT2D eigenvalue weighted by Crippen LogP contribution is 2.36. The molecule has 1 N–H and O–H groups in total. The minimum absolute atomic E-state index is 0.570. The summed E-state index contributed by atoms with van der Waals surface area (Å²) in [6, 6.07) is 40.0. The number of nitrogens with zero attached hydrogens (tertiary/aromatic N) is 1. The van der Waals surface area contributed by atoms with E-state index in [4.69, 9.17) is 0 Å². The highest BCUT2D eigenvalue weighted by molar-refractivity contribution is 6.11. The van der Waals surface area contributed by atoms with Gasteiger partial charge in [0, 0.05) is 38.3 Å². The molecule has 0 spiro atoms. The predicted molar refractivity (Wildman–Crippen MR) is 154 cm³/mol. The Morgan fingerprint density at radius 3 is 2.17 bits per heavy atom. The van der Waals surface area contributed by atoms with Crippen molar-refractivity contribution in [2.45, 2.75) is 26.2 Å². The maximum atomic E-state index is 3.65. The third kappa shape index (κ3) is 3.18. The molecule has 0 amide bonds. The topological polar surface area (TPSA) is 20.7 Å². The van der Waals surface area contributed by atoms with E-state index in [1.807, 2.05) is 0 Å². The van der Waals surface area contributed by atoms with E-state index in [9.17, 15) is 0 Å². The SMILES string of the molecule is CCC(C)c1ccc2c(c1)[nH]c1ccc(-c3ccc4c(c3)c3ccccc3n4-c3ccccc3)cc12. The van der Waals surface area contributed by atoms with Crippen molar-refractivity contribution in [1.82, 2.24) is 9.55 Å². The van der Waals surface area contributed by atoms with Crippen molar-refractivity contribution >= 4 is 43.6 Å². The Morgan fingerprint density at radius 2 is 1.33 bits per heavy atom. The number of hydrogen-bond donors (Lipinski definition) is 1. The van der Waals surface area contributed by atoms with Gasteiger partial charge in [0.1, 0.15) is 0 Å². The average molecular weight is 465 g/mol. The summed E-state index contributed by atoms with van der Waals surface area (Å²) in [6.07, 6.45) is 1.15. The molecule has 0 aliphatic rings. The largest absolute Gasteiger partial charge is 0.355 e. The minimum Gasteiger partial charge on any atom is -0.355 e. The summed E-state index contributed by atoms with van der Waals surface area (Å²) < 4.78 is 2.37. The first-order valence-corrected chi connectivity index (χ1v) is 12.9. The molecule has 7 aromatic rings. The number of aromatic nitrogens is 2. The van der Waals surface area contributed by atoms with Gasteiger partial charge < -0.3 is 9.55 Å². The monoisotopic (exact) mass is 464 g/mol. The van der Waals surface area contributed by atoms with Crippen LogP contribution in [0.5, 0.6) is 0 Å². The van der Waals surface area contributed by atoms with Crippen LogP contribution >= 0.6 is 0 Å². The molecule has 0 bridgehead atoms. The molecule has 36 heavy (non-hydrogen) atoms. The van der Waals surface area contributed by atoms with Gasteiger partial charge >= 0.3 is 0 Å². The highest BCUT2D eigenvalue weighted by Gasteiger charge is 2.14. The van der Waals surface area contributed by atoms with Gasteiger partial charge in [0.25, 0.3) is 0 Å². The van der Waals surface area contributed by atoms with Gasteiger partial charge in [0.15, 0.2) is 0 Å². The van der Waals surface area contributed by atoms with E-state index in [0.29, 0.717) is 5.92 Å². The Bertz CT molecular complexity index is 1890. The Kier molecular flexibility index (Phi) is 4.75. The molecule has 2 heterocycles. The standard InChI is InChI=1S/C34H28N2/c1-3-22(2)23-13-16-27-29-19-24(14-17-31(29)35-32(27)21-23)25-15-18-34-30(20-25)28-11-7-8-12-33(28)36(34)26-9-5-4-6-10-26/h4-22,35H,3H2,1-2H3. The molecule has 2 nitrogen and oxygen atoms in total. The average Bonchev–Trinajstić information content (AvgIpc) is 3.47. The minimum atomic E-state index is 0.570. The van der Waals surface area contributed by atoms with Crippen molar-refractivity contribution in [3.8, 4) is 16.8 Å². The lowest BCUT2D eigenvalue weighted by molar-refractivity contribution is 0.734. The van der Waals surface area contributed by atoms with Crippen LogP contribution < -0.4 is 0 Å². The van der Waals surface area contributed by atoms with Gasteiger partial charge in [0.2, 0.25) is 0 Å². The number of nitrogens with one attached hydrogen (secondary N) is 1. The van der Waals surface area contributed by atoms with Crippen molar-refractivity contribution in [3.05, 3.63) is 115 Å². The Labute approximate surface area is 210 Å². The number of aromatic amines is 1. The molecule has 0 aliphatic carbocycles. The first kappa shape index (κ1) is 21.0. The van der Waals surface area contributed by atoms with E-state index in [0.717, 1.165) is 6.42 Å². The number of hydrogen-bond acceptors (Lipinski definition) is 0. The fourth-order valence-corrected chi connectivity index (χ4v) is 5.65. The van der Waals surface area contributed by atoms with Gasteiger partial charge in [-0.1, -0.05) is 74.5 Å². The fraction of sp³-hybridized carbons (Fsp3) is 0.118. The van der Waals surface area contributed by atoms with Crippen LogP contribution in [0.3, 0.4) is 0 Å². The maximum absolute atomic E-state index is 3.65. The van der Waals surface area contributed by atoms with Crippen LogP contribution in [0.2, 0.25) is 0 Å². The molecule has 0 saturated carbocycles. The zero-order valence-corrected chi connectivity index (χ0v) is 20.6. The molecule has 1 unspecified atom stereocenters. The van der Waals surface area contributed by atoms with Crippen LogP contribution in [0, 0.1) is 0 Å². The Balaban J connectivity index is 1.41. The number of para-hydroxylation sites is 2. The lowest BCUT2D eigenvalue weighted by Gasteiger charge is -2.08. The van der Waals surface area contributed by atoms with Crippen LogP contribution in [-0.4, -0.2) is 9.55 Å². The molecule has 174 valence electrons. The molecule has 0 aliphatic heterocycles. The smallest absolute Gasteiger partial charge is 0.0541 e. The summed E-state index contributed by atoms with van der Waals surface area (Å²) in [6.45, 7) is 4.55.